The first-order valence-corrected chi connectivity index (χ1v) is 18.6. The maximum Gasteiger partial charge on any atom is 3.00 e. The van der Waals surface area contributed by atoms with Gasteiger partial charge in [0, 0.05) is 78.2 Å². The molecular weight excluding hydrogens is 916 g/mol. The van der Waals surface area contributed by atoms with Crippen LogP contribution in [0.3, 0.4) is 0 Å². The molecule has 58 heavy (non-hydrogen) atoms. The smallest absolute Gasteiger partial charge is 0.480 e. The Morgan fingerprint density at radius 3 is 1.14 bits per heavy atom. The molecule has 6 atom stereocenters. The summed E-state index contributed by atoms with van der Waals surface area (Å²) >= 11 is 0. The van der Waals surface area contributed by atoms with Gasteiger partial charge in [-0.15, -0.1) is 0 Å². The van der Waals surface area contributed by atoms with Crippen LogP contribution in [0.2, 0.25) is 0 Å². The fourth-order valence-electron chi connectivity index (χ4n) is 6.09. The van der Waals surface area contributed by atoms with Gasteiger partial charge in [-0.1, -0.05) is 6.07 Å². The molecule has 1 radical (unpaired) electrons. The summed E-state index contributed by atoms with van der Waals surface area (Å²) in [5.41, 5.74) is 0.762. The number of carbonyl (C=O) groups is 6. The molecule has 12 N–H and O–H groups in total. The number of nitrogens with zero attached hydrogens (tertiary/aromatic N) is 4. The number of hydrogen-bond donors (Lipinski definition) is 12. The van der Waals surface area contributed by atoms with E-state index in [2.05, 4.69) is 20.9 Å². The average molecular weight is 973 g/mol. The molecule has 3 amide bonds. The molecule has 0 saturated carbocycles. The monoisotopic (exact) mass is 973 g/mol. The number of aliphatic hydroxyl groups excluding tert-OH is 6. The quantitative estimate of drug-likeness (QED) is 0.0462. The Hall–Kier alpha value is -3.07. The first-order chi connectivity index (χ1) is 27.1. The molecule has 0 spiro atoms. The summed E-state index contributed by atoms with van der Waals surface area (Å²) in [7, 11) is 0. The zero-order chi connectivity index (χ0) is 42.5. The molecule has 2 rings (SSSR count). The predicted molar refractivity (Wildman–Crippen MR) is 197 cm³/mol. The number of aliphatic carboxylic acids is 3. The van der Waals surface area contributed by atoms with Gasteiger partial charge in [-0.25, -0.2) is 0 Å². The summed E-state index contributed by atoms with van der Waals surface area (Å²) in [6.07, 6.45) is -5.14. The average Bonchev–Trinajstić information content (AvgIpc) is 3.17. The van der Waals surface area contributed by atoms with Gasteiger partial charge in [0.25, 0.3) is 0 Å². The summed E-state index contributed by atoms with van der Waals surface area (Å²) in [5.74, 6) is -5.65. The van der Waals surface area contributed by atoms with Gasteiger partial charge in [-0.2, -0.15) is 0 Å². The molecule has 0 saturated heterocycles. The van der Waals surface area contributed by atoms with Crippen molar-refractivity contribution in [3.63, 3.8) is 0 Å². The minimum Gasteiger partial charge on any atom is -0.480 e. The number of carboxylic acid groups (broad SMARTS) is 3. The minimum atomic E-state index is -1.35. The van der Waals surface area contributed by atoms with Gasteiger partial charge in [0.1, 0.15) is 18.1 Å². The van der Waals surface area contributed by atoms with Crippen LogP contribution in [0.4, 0.5) is 0 Å². The number of amides is 3. The van der Waals surface area contributed by atoms with Crippen molar-refractivity contribution in [2.75, 3.05) is 65.6 Å². The second-order valence-corrected chi connectivity index (χ2v) is 13.7. The molecule has 0 aromatic carbocycles. The van der Waals surface area contributed by atoms with Crippen molar-refractivity contribution in [2.24, 2.45) is 0 Å². The summed E-state index contributed by atoms with van der Waals surface area (Å²) in [4.78, 5) is 84.9. The van der Waals surface area contributed by atoms with E-state index < -0.39 is 91.9 Å². The third-order valence-corrected chi connectivity index (χ3v) is 9.29. The third kappa shape index (κ3) is 19.8. The molecule has 3 unspecified atom stereocenters. The van der Waals surface area contributed by atoms with Gasteiger partial charge in [0.2, 0.25) is 17.7 Å². The fourth-order valence-corrected chi connectivity index (χ4v) is 6.09. The van der Waals surface area contributed by atoms with Crippen molar-refractivity contribution < 1.29 is 115 Å². The van der Waals surface area contributed by atoms with Crippen LogP contribution in [-0.2, 0) is 41.9 Å². The molecule has 0 aliphatic carbocycles. The molecule has 23 heteroatoms. The van der Waals surface area contributed by atoms with Crippen LogP contribution in [0.15, 0.2) is 18.2 Å². The van der Waals surface area contributed by atoms with E-state index in [1.54, 1.807) is 18.2 Å². The Morgan fingerprint density at radius 1 is 0.552 bits per heavy atom. The van der Waals surface area contributed by atoms with E-state index in [0.717, 1.165) is 0 Å². The molecule has 1 aromatic rings. The van der Waals surface area contributed by atoms with Crippen molar-refractivity contribution in [2.45, 2.75) is 88.1 Å². The largest absolute Gasteiger partial charge is 3.00 e. The van der Waals surface area contributed by atoms with E-state index >= 15 is 0 Å². The van der Waals surface area contributed by atoms with Crippen LogP contribution < -0.4 is 16.0 Å². The Labute approximate surface area is 367 Å². The molecule has 22 nitrogen and oxygen atoms in total. The van der Waals surface area contributed by atoms with Crippen LogP contribution in [0.5, 0.6) is 0 Å². The number of carboxylic acids is 3. The van der Waals surface area contributed by atoms with Crippen LogP contribution in [0.1, 0.15) is 49.9 Å². The van der Waals surface area contributed by atoms with E-state index in [0.29, 0.717) is 11.4 Å². The Balaban J connectivity index is 0.0000168. The zero-order valence-corrected chi connectivity index (χ0v) is 34.3. The van der Waals surface area contributed by atoms with Crippen LogP contribution >= 0.6 is 0 Å². The number of pyridine rings is 1. The number of rotatable bonds is 24. The van der Waals surface area contributed by atoms with Crippen molar-refractivity contribution in [3.8, 4) is 0 Å². The SMILES string of the molecule is O=C(CC[C@@H](C(=O)O)N1CCN([C@@H](CCC(=O)NCC(O)CO)C(=O)O)Cc2cccc(n2)CN([C@@H](CCC(=O)NCC(O)CO)C(=O)O)CC1)NCC(O)CO.[Gd+3]. The van der Waals surface area contributed by atoms with E-state index in [9.17, 15) is 59.4 Å². The number of fused-ring (bicyclic) bond motifs is 2. The molecule has 1 aliphatic rings. The van der Waals surface area contributed by atoms with Crippen LogP contribution in [-0.4, -0.2) is 203 Å². The second kappa shape index (κ2) is 28.4. The topological polar surface area (TPSA) is 343 Å². The summed E-state index contributed by atoms with van der Waals surface area (Å²) in [6, 6.07) is 0.996. The molecular formula is C35H57GdN7O15+3. The van der Waals surface area contributed by atoms with Gasteiger partial charge in [0.15, 0.2) is 0 Å². The molecule has 2 heterocycles. The molecule has 2 bridgehead atoms. The van der Waals surface area contributed by atoms with Gasteiger partial charge in [-0.05, 0) is 31.4 Å². The van der Waals surface area contributed by atoms with Gasteiger partial charge < -0.3 is 61.9 Å². The van der Waals surface area contributed by atoms with E-state index in [1.807, 2.05) is 0 Å². The number of aliphatic hydroxyl groups is 6. The van der Waals surface area contributed by atoms with Crippen molar-refractivity contribution >= 4 is 35.6 Å². The Morgan fingerprint density at radius 2 is 0.845 bits per heavy atom. The van der Waals surface area contributed by atoms with Crippen LogP contribution in [0, 0.1) is 39.9 Å². The van der Waals surface area contributed by atoms with E-state index in [-0.39, 0.29) is 137 Å². The predicted octanol–water partition coefficient (Wildman–Crippen LogP) is -4.89. The number of hydrogen-bond acceptors (Lipinski definition) is 16. The molecule has 1 aliphatic heterocycles. The maximum absolute atomic E-state index is 12.8. The zero-order valence-electron chi connectivity index (χ0n) is 32.0. The number of carbonyl (C=O) groups excluding carboxylic acids is 3. The molecule has 1 aromatic heterocycles. The van der Waals surface area contributed by atoms with Crippen molar-refractivity contribution in [3.05, 3.63) is 29.6 Å². The first-order valence-electron chi connectivity index (χ1n) is 18.6. The van der Waals surface area contributed by atoms with Gasteiger partial charge in [-0.3, -0.25) is 48.5 Å². The third-order valence-electron chi connectivity index (χ3n) is 9.29. The fraction of sp³-hybridized carbons (Fsp3) is 0.686. The number of aromatic nitrogens is 1. The minimum absolute atomic E-state index is 0. The summed E-state index contributed by atoms with van der Waals surface area (Å²) < 4.78 is 0. The molecule has 0 fully saturated rings. The van der Waals surface area contributed by atoms with Gasteiger partial charge in [0.05, 0.1) is 49.5 Å². The Kier molecular flexibility index (Phi) is 25.9. The standard InChI is InChI=1S/C35H57N7O15.Gd/c43-19-24(46)14-36-30(49)7-4-27(33(52)53)40-10-12-41(28(34(54)55)5-8-31(50)37-15-25(47)20-44)17-22-2-1-3-23(39-22)18-42(13-11-40)29(35(56)57)6-9-32(51)38-16-26(48)21-45;/h1-3,24-29,43-48H,4-21H2,(H,36,49)(H,37,50)(H,38,51)(H,52,53)(H,54,55)(H,56,57);/q;+3/t24?,25?,26?,27-,28-,29-;/m0./s1. The van der Waals surface area contributed by atoms with E-state index in [4.69, 9.17) is 15.3 Å². The summed E-state index contributed by atoms with van der Waals surface area (Å²) in [5, 5.41) is 94.1. The Bertz CT molecular complexity index is 1390. The number of nitrogens with one attached hydrogen (secondary N) is 3. The van der Waals surface area contributed by atoms with Crippen molar-refractivity contribution in [1.29, 1.82) is 0 Å². The normalized spacial score (nSPS) is 17.4. The first kappa shape index (κ1) is 53.0. The van der Waals surface area contributed by atoms with Gasteiger partial charge >= 0.3 is 57.8 Å². The molecule has 327 valence electrons. The maximum atomic E-state index is 12.8. The van der Waals surface area contributed by atoms with Crippen LogP contribution in [0.25, 0.3) is 0 Å². The van der Waals surface area contributed by atoms with E-state index in [1.165, 1.54) is 14.7 Å². The van der Waals surface area contributed by atoms with Crippen molar-refractivity contribution in [1.82, 2.24) is 35.6 Å². The second-order valence-electron chi connectivity index (χ2n) is 13.7. The summed E-state index contributed by atoms with van der Waals surface area (Å²) in [6.45, 7) is -3.13.